The van der Waals surface area contributed by atoms with Crippen LogP contribution in [0.1, 0.15) is 23.1 Å². The first-order valence-electron chi connectivity index (χ1n) is 8.31. The van der Waals surface area contributed by atoms with Crippen LogP contribution in [0.2, 0.25) is 0 Å². The quantitative estimate of drug-likeness (QED) is 0.864. The number of anilines is 2. The zero-order valence-electron chi connectivity index (χ0n) is 15.0. The van der Waals surface area contributed by atoms with Gasteiger partial charge in [-0.3, -0.25) is 9.03 Å². The molecule has 0 bridgehead atoms. The van der Waals surface area contributed by atoms with Crippen molar-refractivity contribution in [1.82, 2.24) is 0 Å². The molecule has 1 N–H and O–H groups in total. The molecule has 3 rings (SSSR count). The average molecular weight is 395 g/mol. The Hall–Kier alpha value is -2.06. The highest BCUT2D eigenvalue weighted by Gasteiger charge is 2.28. The van der Waals surface area contributed by atoms with E-state index < -0.39 is 20.0 Å². The lowest BCUT2D eigenvalue weighted by molar-refractivity contribution is 0.598. The summed E-state index contributed by atoms with van der Waals surface area (Å²) in [7, 11) is -7.08. The second-order valence-electron chi connectivity index (χ2n) is 6.60. The molecular formula is C18H22N2O4S2. The number of benzene rings is 2. The summed E-state index contributed by atoms with van der Waals surface area (Å²) in [6.45, 7) is 5.97. The Morgan fingerprint density at radius 3 is 2.35 bits per heavy atom. The molecular weight excluding hydrogens is 372 g/mol. The van der Waals surface area contributed by atoms with Gasteiger partial charge in [0.1, 0.15) is 0 Å². The van der Waals surface area contributed by atoms with Crippen molar-refractivity contribution >= 4 is 31.4 Å². The lowest BCUT2D eigenvalue weighted by Crippen LogP contribution is -2.25. The van der Waals surface area contributed by atoms with E-state index in [1.165, 1.54) is 4.31 Å². The van der Waals surface area contributed by atoms with Crippen LogP contribution < -0.4 is 9.03 Å². The summed E-state index contributed by atoms with van der Waals surface area (Å²) in [5, 5.41) is 0. The van der Waals surface area contributed by atoms with Crippen molar-refractivity contribution in [2.45, 2.75) is 32.1 Å². The molecule has 0 aliphatic carbocycles. The van der Waals surface area contributed by atoms with Crippen LogP contribution in [0.25, 0.3) is 0 Å². The van der Waals surface area contributed by atoms with Gasteiger partial charge in [-0.1, -0.05) is 12.1 Å². The van der Waals surface area contributed by atoms with Crippen molar-refractivity contribution in [3.05, 3.63) is 53.1 Å². The molecule has 1 saturated heterocycles. The van der Waals surface area contributed by atoms with Gasteiger partial charge < -0.3 is 0 Å². The van der Waals surface area contributed by atoms with Crippen LogP contribution in [0.3, 0.4) is 0 Å². The summed E-state index contributed by atoms with van der Waals surface area (Å²) in [6, 6.07) is 9.98. The Kier molecular flexibility index (Phi) is 4.74. The molecule has 0 atom stereocenters. The maximum absolute atomic E-state index is 12.8. The first-order valence-corrected chi connectivity index (χ1v) is 11.4. The summed E-state index contributed by atoms with van der Waals surface area (Å²) in [5.74, 6) is 0.116. The number of hydrogen-bond acceptors (Lipinski definition) is 4. The molecule has 2 aromatic carbocycles. The fraction of sp³-hybridized carbons (Fsp3) is 0.333. The van der Waals surface area contributed by atoms with Gasteiger partial charge in [-0.2, -0.15) is 0 Å². The minimum Gasteiger partial charge on any atom is -0.280 e. The first kappa shape index (κ1) is 18.7. The second kappa shape index (κ2) is 6.59. The number of sulfonamides is 2. The normalized spacial score (nSPS) is 16.7. The maximum atomic E-state index is 12.8. The number of hydrogen-bond donors (Lipinski definition) is 1. The minimum atomic E-state index is -3.77. The molecule has 6 nitrogen and oxygen atoms in total. The molecule has 1 heterocycles. The van der Waals surface area contributed by atoms with E-state index in [1.807, 2.05) is 19.9 Å². The third-order valence-electron chi connectivity index (χ3n) is 4.57. The lowest BCUT2D eigenvalue weighted by atomic mass is 10.1. The fourth-order valence-corrected chi connectivity index (χ4v) is 6.01. The van der Waals surface area contributed by atoms with Crippen LogP contribution in [0.5, 0.6) is 0 Å². The van der Waals surface area contributed by atoms with Crippen LogP contribution in [-0.4, -0.2) is 29.1 Å². The van der Waals surface area contributed by atoms with Gasteiger partial charge in [-0.15, -0.1) is 0 Å². The van der Waals surface area contributed by atoms with E-state index in [1.54, 1.807) is 37.3 Å². The highest BCUT2D eigenvalue weighted by molar-refractivity contribution is 7.93. The highest BCUT2D eigenvalue weighted by Crippen LogP contribution is 2.28. The molecule has 2 aromatic rings. The monoisotopic (exact) mass is 394 g/mol. The molecule has 0 aromatic heterocycles. The average Bonchev–Trinajstić information content (AvgIpc) is 2.90. The zero-order valence-corrected chi connectivity index (χ0v) is 16.6. The minimum absolute atomic E-state index is 0.116. The molecule has 1 aliphatic heterocycles. The van der Waals surface area contributed by atoms with Gasteiger partial charge in [-0.25, -0.2) is 16.8 Å². The summed E-state index contributed by atoms with van der Waals surface area (Å²) in [5.41, 5.74) is 3.40. The third kappa shape index (κ3) is 3.57. The van der Waals surface area contributed by atoms with Crippen LogP contribution >= 0.6 is 0 Å². The predicted molar refractivity (Wildman–Crippen MR) is 104 cm³/mol. The number of nitrogens with one attached hydrogen (secondary N) is 1. The van der Waals surface area contributed by atoms with Crippen LogP contribution in [0.15, 0.2) is 41.3 Å². The lowest BCUT2D eigenvalue weighted by Gasteiger charge is -2.18. The molecule has 8 heteroatoms. The molecule has 1 aliphatic rings. The number of aryl methyl sites for hydroxylation is 3. The molecule has 0 unspecified atom stereocenters. The van der Waals surface area contributed by atoms with Gasteiger partial charge in [-0.05, 0) is 68.1 Å². The van der Waals surface area contributed by atoms with Crippen molar-refractivity contribution in [2.24, 2.45) is 0 Å². The highest BCUT2D eigenvalue weighted by atomic mass is 32.2. The Bertz CT molecular complexity index is 1060. The van der Waals surface area contributed by atoms with Crippen molar-refractivity contribution < 1.29 is 16.8 Å². The Labute approximate surface area is 155 Å². The van der Waals surface area contributed by atoms with Crippen LogP contribution in [0, 0.1) is 20.8 Å². The summed E-state index contributed by atoms with van der Waals surface area (Å²) >= 11 is 0. The van der Waals surface area contributed by atoms with Crippen LogP contribution in [0.4, 0.5) is 11.4 Å². The van der Waals surface area contributed by atoms with E-state index in [9.17, 15) is 16.8 Å². The summed E-state index contributed by atoms with van der Waals surface area (Å²) in [6.07, 6.45) is 0.570. The van der Waals surface area contributed by atoms with Crippen molar-refractivity contribution in [1.29, 1.82) is 0 Å². The van der Waals surface area contributed by atoms with E-state index >= 15 is 0 Å². The third-order valence-corrected chi connectivity index (χ3v) is 7.96. The Morgan fingerprint density at radius 2 is 1.69 bits per heavy atom. The zero-order chi connectivity index (χ0) is 19.1. The Balaban J connectivity index is 1.94. The van der Waals surface area contributed by atoms with Crippen molar-refractivity contribution in [3.63, 3.8) is 0 Å². The standard InChI is InChI=1S/C18H22N2O4S2/c1-13-10-15(3)18(11-14(13)2)26(23,24)19-16-6-4-7-17(12-16)20-8-5-9-25(20,21)22/h4,6-7,10-12,19H,5,8-9H2,1-3H3. The molecule has 0 saturated carbocycles. The largest absolute Gasteiger partial charge is 0.280 e. The van der Waals surface area contributed by atoms with Gasteiger partial charge in [0.2, 0.25) is 10.0 Å². The summed E-state index contributed by atoms with van der Waals surface area (Å²) < 4.78 is 53.7. The van der Waals surface area contributed by atoms with E-state index in [0.29, 0.717) is 29.9 Å². The van der Waals surface area contributed by atoms with Crippen molar-refractivity contribution in [3.8, 4) is 0 Å². The van der Waals surface area contributed by atoms with Gasteiger partial charge in [0.15, 0.2) is 0 Å². The second-order valence-corrected chi connectivity index (χ2v) is 10.3. The van der Waals surface area contributed by atoms with E-state index in [2.05, 4.69) is 4.72 Å². The Morgan fingerprint density at radius 1 is 1.00 bits per heavy atom. The van der Waals surface area contributed by atoms with E-state index in [4.69, 9.17) is 0 Å². The van der Waals surface area contributed by atoms with Gasteiger partial charge >= 0.3 is 0 Å². The van der Waals surface area contributed by atoms with Gasteiger partial charge in [0, 0.05) is 6.54 Å². The molecule has 0 spiro atoms. The van der Waals surface area contributed by atoms with Gasteiger partial charge in [0.25, 0.3) is 10.0 Å². The fourth-order valence-electron chi connectivity index (χ4n) is 3.09. The van der Waals surface area contributed by atoms with Crippen LogP contribution in [-0.2, 0) is 20.0 Å². The smallest absolute Gasteiger partial charge is 0.262 e. The number of nitrogens with zero attached hydrogens (tertiary/aromatic N) is 1. The first-order chi connectivity index (χ1) is 12.1. The number of rotatable bonds is 4. The molecule has 0 amide bonds. The van der Waals surface area contributed by atoms with E-state index in [-0.39, 0.29) is 10.6 Å². The molecule has 140 valence electrons. The van der Waals surface area contributed by atoms with E-state index in [0.717, 1.165) is 11.1 Å². The molecule has 0 radical (unpaired) electrons. The topological polar surface area (TPSA) is 83.6 Å². The maximum Gasteiger partial charge on any atom is 0.262 e. The molecule has 1 fully saturated rings. The van der Waals surface area contributed by atoms with Crippen molar-refractivity contribution in [2.75, 3.05) is 21.3 Å². The summed E-state index contributed by atoms with van der Waals surface area (Å²) in [4.78, 5) is 0.222. The SMILES string of the molecule is Cc1cc(C)c(S(=O)(=O)Nc2cccc(N3CCCS3(=O)=O)c2)cc1C. The predicted octanol–water partition coefficient (Wildman–Crippen LogP) is 2.95. The molecule has 26 heavy (non-hydrogen) atoms. The van der Waals surface area contributed by atoms with Gasteiger partial charge in [0.05, 0.1) is 22.0 Å².